The van der Waals surface area contributed by atoms with E-state index in [0.29, 0.717) is 42.1 Å². The molecule has 0 N–H and O–H groups in total. The minimum Gasteiger partial charge on any atom is -0.338 e. The van der Waals surface area contributed by atoms with Crippen LogP contribution in [0.25, 0.3) is 0 Å². The number of aryl methyl sites for hydroxylation is 1. The number of likely N-dealkylation sites (tertiary alicyclic amines) is 1. The summed E-state index contributed by atoms with van der Waals surface area (Å²) < 4.78 is 43.2. The largest absolute Gasteiger partial charge is 0.416 e. The zero-order valence-corrected chi connectivity index (χ0v) is 13.8. The first kappa shape index (κ1) is 16.9. The number of piperidine rings is 1. The van der Waals surface area contributed by atoms with Gasteiger partial charge in [-0.1, -0.05) is 22.7 Å². The van der Waals surface area contributed by atoms with Gasteiger partial charge < -0.3 is 4.90 Å². The molecule has 0 saturated carbocycles. The molecule has 3 rings (SSSR count). The van der Waals surface area contributed by atoms with Crippen molar-refractivity contribution in [1.82, 2.24) is 14.5 Å². The van der Waals surface area contributed by atoms with Crippen LogP contribution in [0.15, 0.2) is 24.3 Å². The summed E-state index contributed by atoms with van der Waals surface area (Å²) in [5.41, 5.74) is 0.347. The van der Waals surface area contributed by atoms with E-state index in [2.05, 4.69) is 9.59 Å². The number of amides is 1. The number of alkyl halides is 3. The molecule has 0 spiro atoms. The van der Waals surface area contributed by atoms with Gasteiger partial charge in [-0.3, -0.25) is 4.79 Å². The van der Waals surface area contributed by atoms with E-state index in [1.165, 1.54) is 6.07 Å². The summed E-state index contributed by atoms with van der Waals surface area (Å²) in [4.78, 5) is 14.6. The van der Waals surface area contributed by atoms with Crippen molar-refractivity contribution in [3.8, 4) is 0 Å². The summed E-state index contributed by atoms with van der Waals surface area (Å²) in [6.07, 6.45) is -3.32. The molecular weight excluding hydrogens is 339 g/mol. The first-order valence-corrected chi connectivity index (χ1v) is 8.39. The lowest BCUT2D eigenvalue weighted by Gasteiger charge is -2.33. The van der Waals surface area contributed by atoms with Crippen LogP contribution in [0.5, 0.6) is 0 Å². The van der Waals surface area contributed by atoms with Crippen LogP contribution in [0.4, 0.5) is 13.2 Å². The molecular formula is C16H16F3N3OS. The Morgan fingerprint density at radius 2 is 1.92 bits per heavy atom. The van der Waals surface area contributed by atoms with Crippen molar-refractivity contribution in [3.05, 3.63) is 46.0 Å². The van der Waals surface area contributed by atoms with E-state index in [9.17, 15) is 18.0 Å². The number of aromatic nitrogens is 2. The molecule has 1 aromatic heterocycles. The van der Waals surface area contributed by atoms with Crippen molar-refractivity contribution in [3.63, 3.8) is 0 Å². The standard InChI is InChI=1S/C16H16F3N3OS/c1-10-14(24-21-20-10)15(23)22-8-6-11(7-9-22)12-4-2-3-5-13(12)16(17,18)19/h2-5,11H,6-9H2,1H3. The van der Waals surface area contributed by atoms with E-state index >= 15 is 0 Å². The third-order valence-corrected chi connectivity index (χ3v) is 5.15. The highest BCUT2D eigenvalue weighted by atomic mass is 32.1. The monoisotopic (exact) mass is 355 g/mol. The molecule has 1 aromatic carbocycles. The quantitative estimate of drug-likeness (QED) is 0.821. The van der Waals surface area contributed by atoms with Gasteiger partial charge in [-0.2, -0.15) is 13.2 Å². The number of hydrogen-bond donors (Lipinski definition) is 0. The minimum absolute atomic E-state index is 0.134. The van der Waals surface area contributed by atoms with Crippen molar-refractivity contribution in [2.75, 3.05) is 13.1 Å². The third kappa shape index (κ3) is 3.28. The molecule has 1 aliphatic heterocycles. The summed E-state index contributed by atoms with van der Waals surface area (Å²) in [7, 11) is 0. The molecule has 0 radical (unpaired) electrons. The van der Waals surface area contributed by atoms with Crippen LogP contribution in [0.3, 0.4) is 0 Å². The molecule has 1 aliphatic rings. The molecule has 0 aliphatic carbocycles. The zero-order valence-electron chi connectivity index (χ0n) is 13.0. The van der Waals surface area contributed by atoms with Gasteiger partial charge >= 0.3 is 6.18 Å². The molecule has 1 amide bonds. The average Bonchev–Trinajstić information content (AvgIpc) is 2.99. The first-order valence-electron chi connectivity index (χ1n) is 7.62. The Morgan fingerprint density at radius 1 is 1.25 bits per heavy atom. The lowest BCUT2D eigenvalue weighted by Crippen LogP contribution is -2.38. The molecule has 24 heavy (non-hydrogen) atoms. The van der Waals surface area contributed by atoms with Crippen molar-refractivity contribution >= 4 is 17.4 Å². The third-order valence-electron chi connectivity index (χ3n) is 4.33. The van der Waals surface area contributed by atoms with Crippen molar-refractivity contribution in [2.24, 2.45) is 0 Å². The number of nitrogens with zero attached hydrogens (tertiary/aromatic N) is 3. The fraction of sp³-hybridized carbons (Fsp3) is 0.438. The fourth-order valence-electron chi connectivity index (χ4n) is 3.08. The Morgan fingerprint density at radius 3 is 2.50 bits per heavy atom. The Bertz CT molecular complexity index is 736. The maximum atomic E-state index is 13.2. The van der Waals surface area contributed by atoms with Crippen LogP contribution in [0, 0.1) is 6.92 Å². The molecule has 0 bridgehead atoms. The van der Waals surface area contributed by atoms with E-state index in [4.69, 9.17) is 0 Å². The highest BCUT2D eigenvalue weighted by Gasteiger charge is 2.36. The number of carbonyl (C=O) groups excluding carboxylic acids is 1. The van der Waals surface area contributed by atoms with Crippen molar-refractivity contribution < 1.29 is 18.0 Å². The van der Waals surface area contributed by atoms with Crippen molar-refractivity contribution in [1.29, 1.82) is 0 Å². The van der Waals surface area contributed by atoms with Crippen molar-refractivity contribution in [2.45, 2.75) is 31.9 Å². The Balaban J connectivity index is 1.72. The van der Waals surface area contributed by atoms with Crippen LogP contribution < -0.4 is 0 Å². The van der Waals surface area contributed by atoms with Gasteiger partial charge in [0.25, 0.3) is 5.91 Å². The van der Waals surface area contributed by atoms with E-state index in [-0.39, 0.29) is 11.8 Å². The molecule has 0 unspecified atom stereocenters. The summed E-state index contributed by atoms with van der Waals surface area (Å²) >= 11 is 1.05. The lowest BCUT2D eigenvalue weighted by molar-refractivity contribution is -0.138. The predicted molar refractivity (Wildman–Crippen MR) is 84.0 cm³/mol. The van der Waals surface area contributed by atoms with E-state index in [1.807, 2.05) is 0 Å². The first-order chi connectivity index (χ1) is 11.4. The number of benzene rings is 1. The normalized spacial score (nSPS) is 16.4. The smallest absolute Gasteiger partial charge is 0.338 e. The highest BCUT2D eigenvalue weighted by Crippen LogP contribution is 2.38. The molecule has 128 valence electrons. The molecule has 1 saturated heterocycles. The van der Waals surface area contributed by atoms with Gasteiger partial charge in [-0.15, -0.1) is 5.10 Å². The van der Waals surface area contributed by atoms with Gasteiger partial charge in [0.15, 0.2) is 0 Å². The van der Waals surface area contributed by atoms with Gasteiger partial charge in [0.05, 0.1) is 11.3 Å². The molecule has 4 nitrogen and oxygen atoms in total. The Labute approximate surface area is 141 Å². The SMILES string of the molecule is Cc1nnsc1C(=O)N1CCC(c2ccccc2C(F)(F)F)CC1. The molecule has 2 heterocycles. The number of rotatable bonds is 2. The predicted octanol–water partition coefficient (Wildman–Crippen LogP) is 3.89. The number of hydrogen-bond acceptors (Lipinski definition) is 4. The van der Waals surface area contributed by atoms with Gasteiger partial charge in [-0.25, -0.2) is 0 Å². The Hall–Kier alpha value is -1.96. The van der Waals surface area contributed by atoms with Gasteiger partial charge in [0, 0.05) is 13.1 Å². The van der Waals surface area contributed by atoms with Crippen LogP contribution in [0.1, 0.15) is 45.3 Å². The second-order valence-electron chi connectivity index (χ2n) is 5.84. The Kier molecular flexibility index (Phi) is 4.58. The van der Waals surface area contributed by atoms with E-state index < -0.39 is 11.7 Å². The summed E-state index contributed by atoms with van der Waals surface area (Å²) in [6, 6.07) is 5.71. The van der Waals surface area contributed by atoms with Crippen LogP contribution >= 0.6 is 11.5 Å². The van der Waals surface area contributed by atoms with Gasteiger partial charge in [0.1, 0.15) is 4.88 Å². The maximum Gasteiger partial charge on any atom is 0.416 e. The topological polar surface area (TPSA) is 46.1 Å². The second kappa shape index (κ2) is 6.51. The van der Waals surface area contributed by atoms with E-state index in [0.717, 1.165) is 17.6 Å². The summed E-state index contributed by atoms with van der Waals surface area (Å²) in [6.45, 7) is 2.60. The molecule has 0 atom stereocenters. The van der Waals surface area contributed by atoms with Crippen LogP contribution in [0.2, 0.25) is 0 Å². The number of halogens is 3. The van der Waals surface area contributed by atoms with Crippen LogP contribution in [-0.2, 0) is 6.18 Å². The molecule has 2 aromatic rings. The van der Waals surface area contributed by atoms with Gasteiger partial charge in [-0.05, 0) is 48.8 Å². The lowest BCUT2D eigenvalue weighted by atomic mass is 9.86. The highest BCUT2D eigenvalue weighted by molar-refractivity contribution is 7.07. The molecule has 8 heteroatoms. The van der Waals surface area contributed by atoms with Crippen LogP contribution in [-0.4, -0.2) is 33.5 Å². The fourth-order valence-corrected chi connectivity index (χ4v) is 3.70. The zero-order chi connectivity index (χ0) is 17.3. The second-order valence-corrected chi connectivity index (χ2v) is 6.59. The molecule has 1 fully saturated rings. The van der Waals surface area contributed by atoms with Gasteiger partial charge in [0.2, 0.25) is 0 Å². The average molecular weight is 355 g/mol. The summed E-state index contributed by atoms with van der Waals surface area (Å²) in [5.74, 6) is -0.322. The maximum absolute atomic E-state index is 13.2. The minimum atomic E-state index is -4.35. The summed E-state index contributed by atoms with van der Waals surface area (Å²) in [5, 5.41) is 3.83. The van der Waals surface area contributed by atoms with E-state index in [1.54, 1.807) is 24.0 Å². The number of carbonyl (C=O) groups is 1.